The van der Waals surface area contributed by atoms with E-state index in [4.69, 9.17) is 5.73 Å². The van der Waals surface area contributed by atoms with E-state index in [1.165, 1.54) is 6.07 Å². The monoisotopic (exact) mass is 449 g/mol. The Balaban J connectivity index is 1.49. The Hall–Kier alpha value is -3.46. The molecule has 1 aliphatic heterocycles. The first-order chi connectivity index (χ1) is 15.7. The van der Waals surface area contributed by atoms with Crippen molar-refractivity contribution in [3.8, 4) is 0 Å². The van der Waals surface area contributed by atoms with Crippen molar-refractivity contribution < 1.29 is 9.18 Å². The molecule has 1 fully saturated rings. The summed E-state index contributed by atoms with van der Waals surface area (Å²) >= 11 is 0. The summed E-state index contributed by atoms with van der Waals surface area (Å²) in [5, 5.41) is 8.41. The molecule has 4 aromatic rings. The number of aryl methyl sites for hydroxylation is 2. The zero-order valence-corrected chi connectivity index (χ0v) is 19.1. The summed E-state index contributed by atoms with van der Waals surface area (Å²) in [6.07, 6.45) is 7.16. The predicted molar refractivity (Wildman–Crippen MR) is 127 cm³/mol. The number of nitrogens with one attached hydrogen (secondary N) is 1. The number of carbonyl (C=O) groups is 1. The average Bonchev–Trinajstić information content (AvgIpc) is 3.36. The summed E-state index contributed by atoms with van der Waals surface area (Å²) < 4.78 is 17.9. The second-order valence-electron chi connectivity index (χ2n) is 9.16. The molecule has 0 aliphatic carbocycles. The van der Waals surface area contributed by atoms with E-state index in [0.29, 0.717) is 29.0 Å². The number of hydrogen-bond acceptors (Lipinski definition) is 5. The minimum atomic E-state index is -0.492. The molecule has 0 radical (unpaired) electrons. The van der Waals surface area contributed by atoms with Crippen LogP contribution in [0.2, 0.25) is 0 Å². The number of amides is 1. The molecule has 172 valence electrons. The number of rotatable bonds is 4. The van der Waals surface area contributed by atoms with Crippen LogP contribution in [0.1, 0.15) is 42.7 Å². The first-order valence-electron chi connectivity index (χ1n) is 11.2. The van der Waals surface area contributed by atoms with Crippen LogP contribution in [-0.2, 0) is 6.54 Å². The van der Waals surface area contributed by atoms with E-state index in [0.717, 1.165) is 37.0 Å². The first kappa shape index (κ1) is 21.4. The molecule has 3 N–H and O–H groups in total. The van der Waals surface area contributed by atoms with Gasteiger partial charge in [-0.05, 0) is 45.7 Å². The number of imidazole rings is 1. The third-order valence-corrected chi connectivity index (χ3v) is 6.40. The molecule has 0 atom stereocenters. The van der Waals surface area contributed by atoms with Gasteiger partial charge < -0.3 is 20.4 Å². The third kappa shape index (κ3) is 3.93. The molecule has 4 heterocycles. The van der Waals surface area contributed by atoms with Crippen molar-refractivity contribution in [3.63, 3.8) is 0 Å². The lowest BCUT2D eigenvalue weighted by molar-refractivity contribution is 0.102. The Morgan fingerprint density at radius 1 is 1.24 bits per heavy atom. The molecule has 1 aliphatic rings. The Kier molecular flexibility index (Phi) is 5.08. The summed E-state index contributed by atoms with van der Waals surface area (Å²) in [5.41, 5.74) is 9.59. The van der Waals surface area contributed by atoms with Gasteiger partial charge in [0.2, 0.25) is 0 Å². The van der Waals surface area contributed by atoms with Gasteiger partial charge in [-0.1, -0.05) is 0 Å². The highest BCUT2D eigenvalue weighted by molar-refractivity contribution is 6.13. The summed E-state index contributed by atoms with van der Waals surface area (Å²) in [6, 6.07) is 5.06. The lowest BCUT2D eigenvalue weighted by Gasteiger charge is -2.38. The van der Waals surface area contributed by atoms with E-state index in [1.807, 2.05) is 23.9 Å². The predicted octanol–water partition coefficient (Wildman–Crippen LogP) is 3.72. The van der Waals surface area contributed by atoms with Gasteiger partial charge in [0.05, 0.1) is 16.9 Å². The van der Waals surface area contributed by atoms with Crippen LogP contribution in [0.3, 0.4) is 0 Å². The standard InChI is InChI=1S/C24H28FN7O/c1-4-32-14-18-20(30-9-7-24(3,26)8-10-30)6-5-17(21(18)29-32)23(33)28-16-11-19(25)22-27-15(2)12-31(22)13-16/h5-6,11-14H,4,7-10,26H2,1-3H3,(H,28,33). The molecule has 5 rings (SSSR count). The molecule has 0 spiro atoms. The Labute approximate surface area is 191 Å². The number of nitrogens with two attached hydrogens (primary N) is 1. The lowest BCUT2D eigenvalue weighted by Crippen LogP contribution is -2.48. The van der Waals surface area contributed by atoms with Gasteiger partial charge in [-0.15, -0.1) is 0 Å². The number of nitrogens with zero attached hydrogens (tertiary/aromatic N) is 5. The van der Waals surface area contributed by atoms with Crippen LogP contribution >= 0.6 is 0 Å². The summed E-state index contributed by atoms with van der Waals surface area (Å²) in [6.45, 7) is 8.30. The van der Waals surface area contributed by atoms with E-state index in [-0.39, 0.29) is 17.1 Å². The number of piperidine rings is 1. The number of carbonyl (C=O) groups excluding carboxylic acids is 1. The molecule has 0 unspecified atom stereocenters. The maximum absolute atomic E-state index is 14.5. The van der Waals surface area contributed by atoms with Crippen LogP contribution in [0.4, 0.5) is 15.8 Å². The van der Waals surface area contributed by atoms with Gasteiger partial charge in [0, 0.05) is 60.9 Å². The van der Waals surface area contributed by atoms with Gasteiger partial charge in [-0.2, -0.15) is 5.10 Å². The summed E-state index contributed by atoms with van der Waals surface area (Å²) in [5.74, 6) is -0.828. The van der Waals surface area contributed by atoms with Crippen molar-refractivity contribution in [2.75, 3.05) is 23.3 Å². The molecular formula is C24H28FN7O. The number of hydrogen-bond donors (Lipinski definition) is 2. The fourth-order valence-corrected chi connectivity index (χ4v) is 4.46. The average molecular weight is 450 g/mol. The number of pyridine rings is 1. The van der Waals surface area contributed by atoms with Crippen LogP contribution in [0.15, 0.2) is 36.8 Å². The van der Waals surface area contributed by atoms with E-state index in [9.17, 15) is 9.18 Å². The lowest BCUT2D eigenvalue weighted by atomic mass is 9.90. The van der Waals surface area contributed by atoms with Crippen LogP contribution in [0, 0.1) is 12.7 Å². The Morgan fingerprint density at radius 2 is 2.00 bits per heavy atom. The van der Waals surface area contributed by atoms with E-state index < -0.39 is 5.82 Å². The number of aromatic nitrogens is 4. The van der Waals surface area contributed by atoms with Gasteiger partial charge in [0.15, 0.2) is 11.5 Å². The molecule has 0 saturated carbocycles. The van der Waals surface area contributed by atoms with E-state index in [1.54, 1.807) is 29.8 Å². The summed E-state index contributed by atoms with van der Waals surface area (Å²) in [7, 11) is 0. The second-order valence-corrected chi connectivity index (χ2v) is 9.16. The molecule has 9 heteroatoms. The Morgan fingerprint density at radius 3 is 2.73 bits per heavy atom. The number of halogens is 1. The van der Waals surface area contributed by atoms with Crippen molar-refractivity contribution in [1.29, 1.82) is 0 Å². The second kappa shape index (κ2) is 7.84. The molecule has 0 bridgehead atoms. The highest BCUT2D eigenvalue weighted by Gasteiger charge is 2.28. The van der Waals surface area contributed by atoms with E-state index in [2.05, 4.69) is 27.2 Å². The highest BCUT2D eigenvalue weighted by Crippen LogP contribution is 2.32. The number of fused-ring (bicyclic) bond motifs is 2. The minimum absolute atomic E-state index is 0.146. The minimum Gasteiger partial charge on any atom is -0.371 e. The van der Waals surface area contributed by atoms with Crippen LogP contribution in [0.25, 0.3) is 16.6 Å². The van der Waals surface area contributed by atoms with Gasteiger partial charge in [0.25, 0.3) is 5.91 Å². The van der Waals surface area contributed by atoms with Gasteiger partial charge in [0.1, 0.15) is 5.52 Å². The van der Waals surface area contributed by atoms with Crippen molar-refractivity contribution in [2.45, 2.75) is 45.7 Å². The summed E-state index contributed by atoms with van der Waals surface area (Å²) in [4.78, 5) is 19.7. The van der Waals surface area contributed by atoms with Crippen molar-refractivity contribution in [1.82, 2.24) is 19.2 Å². The Bertz CT molecular complexity index is 1360. The van der Waals surface area contributed by atoms with Gasteiger partial charge in [-0.3, -0.25) is 9.48 Å². The molecule has 1 aromatic carbocycles. The SMILES string of the molecule is CCn1cc2c(N3CCC(C)(N)CC3)ccc(C(=O)Nc3cc(F)c4nc(C)cn4c3)c2n1. The smallest absolute Gasteiger partial charge is 0.257 e. The quantitative estimate of drug-likeness (QED) is 0.495. The highest BCUT2D eigenvalue weighted by atomic mass is 19.1. The van der Waals surface area contributed by atoms with Crippen molar-refractivity contribution in [3.05, 3.63) is 53.9 Å². The molecule has 8 nitrogen and oxygen atoms in total. The first-order valence-corrected chi connectivity index (χ1v) is 11.2. The molecular weight excluding hydrogens is 421 g/mol. The zero-order valence-electron chi connectivity index (χ0n) is 19.1. The van der Waals surface area contributed by atoms with Gasteiger partial charge in [-0.25, -0.2) is 9.37 Å². The number of anilines is 2. The molecule has 33 heavy (non-hydrogen) atoms. The largest absolute Gasteiger partial charge is 0.371 e. The maximum atomic E-state index is 14.5. The normalized spacial score (nSPS) is 16.0. The number of benzene rings is 1. The topological polar surface area (TPSA) is 93.5 Å². The zero-order chi connectivity index (χ0) is 23.3. The fraction of sp³-hybridized carbons (Fsp3) is 0.375. The van der Waals surface area contributed by atoms with Crippen LogP contribution < -0.4 is 16.0 Å². The third-order valence-electron chi connectivity index (χ3n) is 6.40. The molecule has 1 saturated heterocycles. The van der Waals surface area contributed by atoms with Gasteiger partial charge >= 0.3 is 0 Å². The van der Waals surface area contributed by atoms with Crippen LogP contribution in [0.5, 0.6) is 0 Å². The van der Waals surface area contributed by atoms with E-state index >= 15 is 0 Å². The van der Waals surface area contributed by atoms with Crippen molar-refractivity contribution >= 4 is 33.8 Å². The molecule has 3 aromatic heterocycles. The molecule has 1 amide bonds. The maximum Gasteiger partial charge on any atom is 0.257 e. The van der Waals surface area contributed by atoms with Crippen molar-refractivity contribution in [2.24, 2.45) is 5.73 Å². The fourth-order valence-electron chi connectivity index (χ4n) is 4.46. The van der Waals surface area contributed by atoms with Crippen LogP contribution in [-0.4, -0.2) is 43.7 Å².